The van der Waals surface area contributed by atoms with Crippen molar-refractivity contribution >= 4 is 56.4 Å². The second kappa shape index (κ2) is 8.63. The highest BCUT2D eigenvalue weighted by Gasteiger charge is 2.33. The van der Waals surface area contributed by atoms with Gasteiger partial charge in [0.25, 0.3) is 0 Å². The summed E-state index contributed by atoms with van der Waals surface area (Å²) in [6.07, 6.45) is 0. The lowest BCUT2D eigenvalue weighted by Crippen LogP contribution is -2.05. The highest BCUT2D eigenvalue weighted by Crippen LogP contribution is 2.73. The standard InChI is InChI=1S/C24H16Cl4S/c25-17-1-9-21(10-2-17)29(22-11-3-18(26)4-12-22,23-13-5-19(27)6-14-23)24-15-7-20(28)8-16-24/h1-16H. The van der Waals surface area contributed by atoms with Crippen molar-refractivity contribution in [3.05, 3.63) is 117 Å². The van der Waals surface area contributed by atoms with Gasteiger partial charge in [-0.1, -0.05) is 46.4 Å². The Balaban J connectivity index is 2.11. The summed E-state index contributed by atoms with van der Waals surface area (Å²) in [7, 11) is -1.81. The highest BCUT2D eigenvalue weighted by atomic mass is 35.5. The van der Waals surface area contributed by atoms with Gasteiger partial charge in [-0.2, -0.15) is 0 Å². The van der Waals surface area contributed by atoms with Crippen molar-refractivity contribution in [2.75, 3.05) is 0 Å². The van der Waals surface area contributed by atoms with Crippen LogP contribution in [0.25, 0.3) is 0 Å². The van der Waals surface area contributed by atoms with Crippen molar-refractivity contribution < 1.29 is 0 Å². The lowest BCUT2D eigenvalue weighted by Gasteiger charge is -2.42. The van der Waals surface area contributed by atoms with Crippen LogP contribution in [0.5, 0.6) is 0 Å². The second-order valence-corrected chi connectivity index (χ2v) is 11.3. The molecule has 0 unspecified atom stereocenters. The summed E-state index contributed by atoms with van der Waals surface area (Å²) in [5.41, 5.74) is 0. The fourth-order valence-corrected chi connectivity index (χ4v) is 7.69. The summed E-state index contributed by atoms with van der Waals surface area (Å²) in [6, 6.07) is 32.2. The van der Waals surface area contributed by atoms with Gasteiger partial charge in [-0.05, 0) is 97.1 Å². The van der Waals surface area contributed by atoms with E-state index in [1.807, 2.05) is 48.5 Å². The normalized spacial score (nSPS) is 12.0. The molecule has 29 heavy (non-hydrogen) atoms. The van der Waals surface area contributed by atoms with Crippen LogP contribution in [-0.2, 0) is 0 Å². The van der Waals surface area contributed by atoms with Crippen molar-refractivity contribution in [3.8, 4) is 0 Å². The van der Waals surface area contributed by atoms with Gasteiger partial charge in [0.1, 0.15) is 0 Å². The monoisotopic (exact) mass is 476 g/mol. The van der Waals surface area contributed by atoms with E-state index >= 15 is 0 Å². The summed E-state index contributed by atoms with van der Waals surface area (Å²) in [5.74, 6) is 0. The van der Waals surface area contributed by atoms with E-state index in [4.69, 9.17) is 46.4 Å². The molecule has 0 aliphatic carbocycles. The summed E-state index contributed by atoms with van der Waals surface area (Å²) in [4.78, 5) is 4.64. The summed E-state index contributed by atoms with van der Waals surface area (Å²) < 4.78 is 0. The largest absolute Gasteiger partial charge is 0.133 e. The quantitative estimate of drug-likeness (QED) is 0.274. The van der Waals surface area contributed by atoms with E-state index in [9.17, 15) is 0 Å². The van der Waals surface area contributed by atoms with E-state index < -0.39 is 10.0 Å². The lowest BCUT2D eigenvalue weighted by molar-refractivity contribution is 1.24. The Morgan fingerprint density at radius 1 is 0.310 bits per heavy atom. The van der Waals surface area contributed by atoms with Crippen LogP contribution >= 0.6 is 56.4 Å². The number of hydrogen-bond acceptors (Lipinski definition) is 0. The van der Waals surface area contributed by atoms with Gasteiger partial charge in [0, 0.05) is 39.7 Å². The summed E-state index contributed by atoms with van der Waals surface area (Å²) in [5, 5.41) is 2.80. The molecule has 4 aromatic carbocycles. The summed E-state index contributed by atoms with van der Waals surface area (Å²) in [6.45, 7) is 0. The first-order valence-corrected chi connectivity index (χ1v) is 12.0. The topological polar surface area (TPSA) is 0 Å². The van der Waals surface area contributed by atoms with Crippen molar-refractivity contribution in [2.45, 2.75) is 19.6 Å². The molecule has 0 heterocycles. The molecule has 0 N–H and O–H groups in total. The van der Waals surface area contributed by atoms with E-state index in [0.717, 1.165) is 19.6 Å². The Kier molecular flexibility index (Phi) is 6.15. The van der Waals surface area contributed by atoms with Crippen LogP contribution < -0.4 is 0 Å². The molecule has 0 bridgehead atoms. The smallest absolute Gasteiger partial charge is 0.0406 e. The zero-order valence-electron chi connectivity index (χ0n) is 15.2. The maximum absolute atomic E-state index is 6.22. The fraction of sp³-hybridized carbons (Fsp3) is 0. The zero-order chi connectivity index (χ0) is 20.4. The zero-order valence-corrected chi connectivity index (χ0v) is 19.0. The number of halogens is 4. The maximum Gasteiger partial charge on any atom is 0.0406 e. The molecule has 0 spiro atoms. The lowest BCUT2D eigenvalue weighted by atomic mass is 10.3. The fourth-order valence-electron chi connectivity index (χ4n) is 3.37. The van der Waals surface area contributed by atoms with Gasteiger partial charge < -0.3 is 0 Å². The van der Waals surface area contributed by atoms with Crippen molar-refractivity contribution in [1.29, 1.82) is 0 Å². The molecule has 0 atom stereocenters. The first-order valence-electron chi connectivity index (χ1n) is 8.86. The predicted octanol–water partition coefficient (Wildman–Crippen LogP) is 9.64. The Morgan fingerprint density at radius 3 is 0.655 bits per heavy atom. The van der Waals surface area contributed by atoms with E-state index in [1.165, 1.54) is 0 Å². The molecular formula is C24H16Cl4S. The van der Waals surface area contributed by atoms with Crippen LogP contribution in [-0.4, -0.2) is 0 Å². The van der Waals surface area contributed by atoms with Gasteiger partial charge in [-0.3, -0.25) is 0 Å². The maximum atomic E-state index is 6.22. The second-order valence-electron chi connectivity index (χ2n) is 6.43. The Bertz CT molecular complexity index is 916. The van der Waals surface area contributed by atoms with Gasteiger partial charge in [0.15, 0.2) is 0 Å². The molecule has 0 radical (unpaired) electrons. The molecule has 0 amide bonds. The average Bonchev–Trinajstić information content (AvgIpc) is 2.73. The minimum atomic E-state index is -1.81. The average molecular weight is 478 g/mol. The van der Waals surface area contributed by atoms with E-state index in [2.05, 4.69) is 48.5 Å². The van der Waals surface area contributed by atoms with Gasteiger partial charge in [0.2, 0.25) is 0 Å². The van der Waals surface area contributed by atoms with Crippen molar-refractivity contribution in [1.82, 2.24) is 0 Å². The molecule has 0 saturated heterocycles. The van der Waals surface area contributed by atoms with Crippen LogP contribution in [0.4, 0.5) is 0 Å². The third-order valence-electron chi connectivity index (χ3n) is 4.67. The van der Waals surface area contributed by atoms with Gasteiger partial charge in [-0.25, -0.2) is 0 Å². The van der Waals surface area contributed by atoms with Crippen LogP contribution in [0.3, 0.4) is 0 Å². The first-order chi connectivity index (χ1) is 14.0. The highest BCUT2D eigenvalue weighted by molar-refractivity contribution is 8.34. The van der Waals surface area contributed by atoms with Gasteiger partial charge in [0.05, 0.1) is 0 Å². The number of benzene rings is 4. The SMILES string of the molecule is Clc1ccc(S(c2ccc(Cl)cc2)(c2ccc(Cl)cc2)c2ccc(Cl)cc2)cc1. The van der Waals surface area contributed by atoms with Crippen LogP contribution in [0.2, 0.25) is 20.1 Å². The molecule has 0 aromatic heterocycles. The molecule has 0 saturated carbocycles. The molecule has 4 rings (SSSR count). The third-order valence-corrected chi connectivity index (χ3v) is 9.59. The molecule has 146 valence electrons. The van der Waals surface area contributed by atoms with Crippen molar-refractivity contribution in [2.24, 2.45) is 0 Å². The Hall–Kier alpha value is -1.61. The van der Waals surface area contributed by atoms with Crippen LogP contribution in [0.15, 0.2) is 117 Å². The van der Waals surface area contributed by atoms with Gasteiger partial charge >= 0.3 is 0 Å². The molecule has 0 nitrogen and oxygen atoms in total. The molecule has 0 fully saturated rings. The molecule has 5 heteroatoms. The predicted molar refractivity (Wildman–Crippen MR) is 126 cm³/mol. The number of rotatable bonds is 4. The molecular weight excluding hydrogens is 462 g/mol. The molecule has 0 aliphatic heterocycles. The molecule has 4 aromatic rings. The van der Waals surface area contributed by atoms with Crippen LogP contribution in [0.1, 0.15) is 0 Å². The van der Waals surface area contributed by atoms with Crippen LogP contribution in [0, 0.1) is 0 Å². The minimum Gasteiger partial charge on any atom is -0.133 e. The van der Waals surface area contributed by atoms with Crippen molar-refractivity contribution in [3.63, 3.8) is 0 Å². The van der Waals surface area contributed by atoms with E-state index in [1.54, 1.807) is 0 Å². The molecule has 0 aliphatic rings. The number of hydrogen-bond donors (Lipinski definition) is 0. The Labute approximate surface area is 192 Å². The van der Waals surface area contributed by atoms with E-state index in [0.29, 0.717) is 20.1 Å². The van der Waals surface area contributed by atoms with E-state index in [-0.39, 0.29) is 0 Å². The Morgan fingerprint density at radius 2 is 0.483 bits per heavy atom. The summed E-state index contributed by atoms with van der Waals surface area (Å²) >= 11 is 24.9. The minimum absolute atomic E-state index is 0.699. The van der Waals surface area contributed by atoms with Gasteiger partial charge in [-0.15, -0.1) is 10.0 Å². The first kappa shape index (κ1) is 20.7. The third kappa shape index (κ3) is 4.03.